The molecule has 10 nitrogen and oxygen atoms in total. The number of hydrogen-bond donors (Lipinski definition) is 3. The van der Waals surface area contributed by atoms with Gasteiger partial charge in [0, 0.05) is 13.1 Å². The third-order valence-corrected chi connectivity index (χ3v) is 9.05. The molecule has 1 unspecified atom stereocenters. The highest BCUT2D eigenvalue weighted by atomic mass is 32.2. The number of benzene rings is 2. The maximum atomic E-state index is 13.7. The highest BCUT2D eigenvalue weighted by Gasteiger charge is 2.44. The Morgan fingerprint density at radius 1 is 1.12 bits per heavy atom. The van der Waals surface area contributed by atoms with E-state index in [-0.39, 0.29) is 55.7 Å². The van der Waals surface area contributed by atoms with Gasteiger partial charge in [-0.1, -0.05) is 68.5 Å². The van der Waals surface area contributed by atoms with Crippen LogP contribution in [-0.2, 0) is 30.7 Å². The van der Waals surface area contributed by atoms with E-state index in [2.05, 4.69) is 5.32 Å². The third kappa shape index (κ3) is 8.37. The van der Waals surface area contributed by atoms with Gasteiger partial charge in [0.2, 0.25) is 10.0 Å². The van der Waals surface area contributed by atoms with E-state index in [9.17, 15) is 18.3 Å². The molecule has 2 aromatic rings. The van der Waals surface area contributed by atoms with Gasteiger partial charge >= 0.3 is 6.09 Å². The largest absolute Gasteiger partial charge is 0.443 e. The van der Waals surface area contributed by atoms with Crippen LogP contribution < -0.4 is 5.32 Å². The van der Waals surface area contributed by atoms with Gasteiger partial charge in [-0.25, -0.2) is 13.2 Å². The number of nitrogens with zero attached hydrogens (tertiary/aromatic N) is 1. The number of carbonyl (C=O) groups is 1. The summed E-state index contributed by atoms with van der Waals surface area (Å²) < 4.78 is 45.4. The number of hydrogen-bond acceptors (Lipinski definition) is 8. The molecule has 2 aliphatic rings. The molecule has 1 amide bonds. The quantitative estimate of drug-likeness (QED) is 0.325. The van der Waals surface area contributed by atoms with Crippen LogP contribution >= 0.6 is 0 Å². The number of ether oxygens (including phenoxy) is 3. The maximum absolute atomic E-state index is 13.7. The number of sulfonamides is 1. The predicted octanol–water partition coefficient (Wildman–Crippen LogP) is 2.80. The minimum absolute atomic E-state index is 0.0156. The van der Waals surface area contributed by atoms with Crippen molar-refractivity contribution < 1.29 is 37.6 Å². The van der Waals surface area contributed by atoms with Gasteiger partial charge in [0.25, 0.3) is 0 Å². The zero-order valence-corrected chi connectivity index (χ0v) is 24.3. The number of aliphatic hydroxyl groups excluding tert-OH is 2. The fraction of sp³-hybridized carbons (Fsp3) is 0.500. The lowest BCUT2D eigenvalue weighted by molar-refractivity contribution is -0.0907. The highest BCUT2D eigenvalue weighted by molar-refractivity contribution is 7.89. The van der Waals surface area contributed by atoms with Crippen molar-refractivity contribution in [2.45, 2.75) is 56.1 Å². The van der Waals surface area contributed by atoms with E-state index < -0.39 is 34.4 Å². The molecule has 2 fully saturated rings. The van der Waals surface area contributed by atoms with Crippen LogP contribution in [0.3, 0.4) is 0 Å². The second-order valence-corrected chi connectivity index (χ2v) is 12.8. The molecule has 5 atom stereocenters. The first kappa shape index (κ1) is 31.1. The first-order valence-electron chi connectivity index (χ1n) is 14.0. The molecule has 0 bridgehead atoms. The SMILES string of the molecule is CC(C)CN(C[C@@H](O)[C@H](Cc1ccccc1)NC(=O)O[C@H]1CO[C@H]2OCCC21)S(=O)(=O)c1ccc(/C=C/CO)cc1. The molecule has 2 aliphatic heterocycles. The number of aliphatic hydroxyl groups is 2. The molecular formula is C30H40N2O8S. The van der Waals surface area contributed by atoms with E-state index in [0.717, 1.165) is 17.5 Å². The van der Waals surface area contributed by atoms with Crippen LogP contribution in [0, 0.1) is 11.8 Å². The lowest BCUT2D eigenvalue weighted by Gasteiger charge is -2.31. The van der Waals surface area contributed by atoms with Gasteiger partial charge in [-0.15, -0.1) is 0 Å². The number of carbonyl (C=O) groups excluding carboxylic acids is 1. The Balaban J connectivity index is 1.51. The van der Waals surface area contributed by atoms with E-state index in [0.29, 0.717) is 6.61 Å². The molecule has 0 aromatic heterocycles. The minimum atomic E-state index is -3.97. The fourth-order valence-corrected chi connectivity index (χ4v) is 6.75. The number of fused-ring (bicyclic) bond motifs is 1. The van der Waals surface area contributed by atoms with E-state index in [4.69, 9.17) is 19.3 Å². The van der Waals surface area contributed by atoms with Crippen LogP contribution in [0.5, 0.6) is 0 Å². The Bertz CT molecular complexity index is 1250. The number of alkyl carbamates (subject to hydrolysis) is 1. The smallest absolute Gasteiger partial charge is 0.407 e. The van der Waals surface area contributed by atoms with Crippen LogP contribution in [0.25, 0.3) is 6.08 Å². The van der Waals surface area contributed by atoms with Crippen LogP contribution in [0.1, 0.15) is 31.4 Å². The van der Waals surface area contributed by atoms with E-state index in [1.54, 1.807) is 24.3 Å². The molecule has 0 saturated carbocycles. The molecule has 3 N–H and O–H groups in total. The fourth-order valence-electron chi connectivity index (χ4n) is 5.12. The van der Waals surface area contributed by atoms with Crippen molar-refractivity contribution in [3.8, 4) is 0 Å². The van der Waals surface area contributed by atoms with Crippen molar-refractivity contribution in [3.05, 3.63) is 71.8 Å². The topological polar surface area (TPSA) is 135 Å². The summed E-state index contributed by atoms with van der Waals surface area (Å²) in [4.78, 5) is 13.1. The molecule has 11 heteroatoms. The Morgan fingerprint density at radius 3 is 2.54 bits per heavy atom. The van der Waals surface area contributed by atoms with Gasteiger partial charge in [-0.05, 0) is 42.0 Å². The lowest BCUT2D eigenvalue weighted by atomic mass is 10.0. The maximum Gasteiger partial charge on any atom is 0.407 e. The Kier molecular flexibility index (Phi) is 10.9. The molecule has 41 heavy (non-hydrogen) atoms. The van der Waals surface area contributed by atoms with Gasteiger partial charge in [-0.2, -0.15) is 4.31 Å². The van der Waals surface area contributed by atoms with Crippen LogP contribution in [0.4, 0.5) is 4.79 Å². The summed E-state index contributed by atoms with van der Waals surface area (Å²) in [6.45, 7) is 4.43. The molecule has 4 rings (SSSR count). The molecule has 0 spiro atoms. The second kappa shape index (κ2) is 14.4. The lowest BCUT2D eigenvalue weighted by Crippen LogP contribution is -2.51. The number of nitrogens with one attached hydrogen (secondary N) is 1. The molecular weight excluding hydrogens is 548 g/mol. The van der Waals surface area contributed by atoms with Gasteiger partial charge < -0.3 is 29.7 Å². The summed E-state index contributed by atoms with van der Waals surface area (Å²) in [6.07, 6.45) is 1.52. The van der Waals surface area contributed by atoms with Gasteiger partial charge in [0.15, 0.2) is 6.29 Å². The first-order valence-corrected chi connectivity index (χ1v) is 15.4. The summed E-state index contributed by atoms with van der Waals surface area (Å²) >= 11 is 0. The standard InChI is InChI=1S/C30H40N2O8S/c1-21(2)18-32(41(36,37)24-12-10-22(11-13-24)9-6-15-33)19-27(34)26(17-23-7-4-3-5-8-23)31-30(35)40-28-20-39-29-25(28)14-16-38-29/h3-13,21,25-29,33-34H,14-20H2,1-2H3,(H,31,35)/b9-6+/t25?,26-,27+,28-,29+/m0/s1. The Labute approximate surface area is 242 Å². The third-order valence-electron chi connectivity index (χ3n) is 7.20. The molecule has 224 valence electrons. The van der Waals surface area contributed by atoms with E-state index in [1.165, 1.54) is 16.4 Å². The summed E-state index contributed by atoms with van der Waals surface area (Å²) in [6, 6.07) is 14.9. The predicted molar refractivity (Wildman–Crippen MR) is 153 cm³/mol. The highest BCUT2D eigenvalue weighted by Crippen LogP contribution is 2.33. The van der Waals surface area contributed by atoms with Gasteiger partial charge in [-0.3, -0.25) is 0 Å². The monoisotopic (exact) mass is 588 g/mol. The zero-order valence-electron chi connectivity index (χ0n) is 23.5. The molecule has 0 aliphatic carbocycles. The summed E-state index contributed by atoms with van der Waals surface area (Å²) in [5.41, 5.74) is 1.62. The molecule has 2 saturated heterocycles. The average molecular weight is 589 g/mol. The Morgan fingerprint density at radius 2 is 1.85 bits per heavy atom. The van der Waals surface area contributed by atoms with E-state index >= 15 is 0 Å². The van der Waals surface area contributed by atoms with Crippen LogP contribution in [0.15, 0.2) is 65.6 Å². The summed E-state index contributed by atoms with van der Waals surface area (Å²) in [5.74, 6) is -0.0476. The first-order chi connectivity index (χ1) is 19.7. The number of rotatable bonds is 13. The summed E-state index contributed by atoms with van der Waals surface area (Å²) in [5, 5.41) is 23.2. The molecule has 2 heterocycles. The molecule has 0 radical (unpaired) electrons. The summed E-state index contributed by atoms with van der Waals surface area (Å²) in [7, 11) is -3.97. The van der Waals surface area contributed by atoms with Crippen molar-refractivity contribution >= 4 is 22.2 Å². The van der Waals surface area contributed by atoms with Gasteiger partial charge in [0.05, 0.1) is 42.8 Å². The second-order valence-electron chi connectivity index (χ2n) is 10.8. The average Bonchev–Trinajstić information content (AvgIpc) is 3.57. The molecule has 2 aromatic carbocycles. The number of amides is 1. The van der Waals surface area contributed by atoms with Crippen molar-refractivity contribution in [3.63, 3.8) is 0 Å². The Hall–Kier alpha value is -2.80. The van der Waals surface area contributed by atoms with Crippen LogP contribution in [0.2, 0.25) is 0 Å². The van der Waals surface area contributed by atoms with Gasteiger partial charge in [0.1, 0.15) is 6.10 Å². The van der Waals surface area contributed by atoms with Crippen molar-refractivity contribution in [2.24, 2.45) is 11.8 Å². The minimum Gasteiger partial charge on any atom is -0.443 e. The van der Waals surface area contributed by atoms with Crippen molar-refractivity contribution in [1.82, 2.24) is 9.62 Å². The van der Waals surface area contributed by atoms with Crippen molar-refractivity contribution in [1.29, 1.82) is 0 Å². The normalized spacial score (nSPS) is 22.2. The zero-order chi connectivity index (χ0) is 29.4. The van der Waals surface area contributed by atoms with Crippen molar-refractivity contribution in [2.75, 3.05) is 32.9 Å². The van der Waals surface area contributed by atoms with Crippen LogP contribution in [-0.4, -0.2) is 86.5 Å². The van der Waals surface area contributed by atoms with E-state index in [1.807, 2.05) is 44.2 Å².